The van der Waals surface area contributed by atoms with Gasteiger partial charge < -0.3 is 9.64 Å². The second kappa shape index (κ2) is 8.13. The van der Waals surface area contributed by atoms with E-state index in [2.05, 4.69) is 0 Å². The molecule has 4 nitrogen and oxygen atoms in total. The summed E-state index contributed by atoms with van der Waals surface area (Å²) >= 11 is 0. The minimum atomic E-state index is -0.236. The van der Waals surface area contributed by atoms with Gasteiger partial charge in [0.25, 0.3) is 0 Å². The number of nitrogens with zero attached hydrogens (tertiary/aromatic N) is 1. The van der Waals surface area contributed by atoms with Crippen LogP contribution in [-0.2, 0) is 14.3 Å². The van der Waals surface area contributed by atoms with Crippen LogP contribution in [0.4, 0.5) is 0 Å². The van der Waals surface area contributed by atoms with Gasteiger partial charge in [0.1, 0.15) is 0 Å². The Bertz CT molecular complexity index is 226. The number of esters is 1. The van der Waals surface area contributed by atoms with E-state index >= 15 is 0 Å². The fourth-order valence-corrected chi connectivity index (χ4v) is 1.43. The minimum absolute atomic E-state index is 0.0197. The molecule has 0 spiro atoms. The summed E-state index contributed by atoms with van der Waals surface area (Å²) in [5, 5.41) is 0. The van der Waals surface area contributed by atoms with Gasteiger partial charge in [-0.3, -0.25) is 9.59 Å². The third-order valence-corrected chi connectivity index (χ3v) is 2.19. The lowest BCUT2D eigenvalue weighted by Gasteiger charge is -2.23. The van der Waals surface area contributed by atoms with Gasteiger partial charge in [-0.15, -0.1) is 0 Å². The second-order valence-electron chi connectivity index (χ2n) is 4.04. The van der Waals surface area contributed by atoms with Gasteiger partial charge >= 0.3 is 5.97 Å². The molecule has 0 N–H and O–H groups in total. The molecule has 0 radical (unpaired) electrons. The van der Waals surface area contributed by atoms with Crippen LogP contribution >= 0.6 is 0 Å². The van der Waals surface area contributed by atoms with Crippen molar-refractivity contribution in [2.75, 3.05) is 19.7 Å². The van der Waals surface area contributed by atoms with Gasteiger partial charge in [-0.1, -0.05) is 20.8 Å². The average molecular weight is 229 g/mol. The smallest absolute Gasteiger partial charge is 0.307 e. The van der Waals surface area contributed by atoms with Crippen molar-refractivity contribution in [3.63, 3.8) is 0 Å². The molecule has 0 aliphatic carbocycles. The lowest BCUT2D eigenvalue weighted by molar-refractivity contribution is -0.144. The van der Waals surface area contributed by atoms with Crippen LogP contribution in [0, 0.1) is 5.92 Å². The first-order chi connectivity index (χ1) is 7.52. The fraction of sp³-hybridized carbons (Fsp3) is 0.833. The highest BCUT2D eigenvalue weighted by Gasteiger charge is 2.17. The van der Waals surface area contributed by atoms with E-state index in [1.54, 1.807) is 11.8 Å². The molecule has 0 aromatic rings. The first kappa shape index (κ1) is 14.9. The van der Waals surface area contributed by atoms with Crippen LogP contribution < -0.4 is 0 Å². The summed E-state index contributed by atoms with van der Waals surface area (Å²) in [7, 11) is 0. The summed E-state index contributed by atoms with van der Waals surface area (Å²) in [6.07, 6.45) is 1.19. The predicted molar refractivity (Wildman–Crippen MR) is 63.0 cm³/mol. The summed E-state index contributed by atoms with van der Waals surface area (Å²) in [6.45, 7) is 9.10. The zero-order chi connectivity index (χ0) is 12.6. The summed E-state index contributed by atoms with van der Waals surface area (Å²) in [5.74, 6) is -0.153. The van der Waals surface area contributed by atoms with Crippen LogP contribution in [0.5, 0.6) is 0 Å². The van der Waals surface area contributed by atoms with E-state index in [0.717, 1.165) is 6.42 Å². The van der Waals surface area contributed by atoms with Crippen molar-refractivity contribution in [1.82, 2.24) is 4.90 Å². The zero-order valence-corrected chi connectivity index (χ0v) is 10.8. The molecule has 0 aromatic carbocycles. The van der Waals surface area contributed by atoms with E-state index in [0.29, 0.717) is 19.7 Å². The van der Waals surface area contributed by atoms with E-state index in [-0.39, 0.29) is 24.2 Å². The van der Waals surface area contributed by atoms with E-state index < -0.39 is 0 Å². The van der Waals surface area contributed by atoms with Crippen molar-refractivity contribution in [2.45, 2.75) is 40.5 Å². The third-order valence-electron chi connectivity index (χ3n) is 2.19. The Balaban J connectivity index is 4.13. The van der Waals surface area contributed by atoms with Gasteiger partial charge in [-0.05, 0) is 13.3 Å². The number of ether oxygens (including phenoxy) is 1. The van der Waals surface area contributed by atoms with Crippen molar-refractivity contribution >= 4 is 11.9 Å². The van der Waals surface area contributed by atoms with Crippen LogP contribution in [0.3, 0.4) is 0 Å². The van der Waals surface area contributed by atoms with Crippen molar-refractivity contribution in [3.8, 4) is 0 Å². The highest BCUT2D eigenvalue weighted by Crippen LogP contribution is 2.04. The maximum atomic E-state index is 11.8. The van der Waals surface area contributed by atoms with Gasteiger partial charge in [-0.25, -0.2) is 0 Å². The molecule has 0 fully saturated rings. The molecule has 0 saturated heterocycles. The molecular weight excluding hydrogens is 206 g/mol. The summed E-state index contributed by atoms with van der Waals surface area (Å²) in [6, 6.07) is 0. The fourth-order valence-electron chi connectivity index (χ4n) is 1.43. The maximum Gasteiger partial charge on any atom is 0.307 e. The molecule has 0 bridgehead atoms. The number of amides is 1. The molecule has 0 aromatic heterocycles. The standard InChI is InChI=1S/C12H23NO3/c1-5-8-13(12(15)10(3)4)9-7-11(14)16-6-2/h10H,5-9H2,1-4H3. The third kappa shape index (κ3) is 5.73. The maximum absolute atomic E-state index is 11.8. The molecule has 0 aliphatic rings. The Morgan fingerprint density at radius 2 is 1.81 bits per heavy atom. The Morgan fingerprint density at radius 3 is 2.25 bits per heavy atom. The summed E-state index contributed by atoms with van der Waals surface area (Å²) < 4.78 is 4.83. The van der Waals surface area contributed by atoms with E-state index in [9.17, 15) is 9.59 Å². The van der Waals surface area contributed by atoms with E-state index in [1.807, 2.05) is 20.8 Å². The monoisotopic (exact) mass is 229 g/mol. The summed E-state index contributed by atoms with van der Waals surface area (Å²) in [4.78, 5) is 24.7. The molecule has 0 unspecified atom stereocenters. The quantitative estimate of drug-likeness (QED) is 0.626. The van der Waals surface area contributed by atoms with Crippen molar-refractivity contribution in [1.29, 1.82) is 0 Å². The first-order valence-corrected chi connectivity index (χ1v) is 5.97. The lowest BCUT2D eigenvalue weighted by atomic mass is 10.2. The van der Waals surface area contributed by atoms with Gasteiger partial charge in [0, 0.05) is 19.0 Å². The van der Waals surface area contributed by atoms with Crippen LogP contribution in [-0.4, -0.2) is 36.5 Å². The van der Waals surface area contributed by atoms with Crippen molar-refractivity contribution in [3.05, 3.63) is 0 Å². The molecule has 0 atom stereocenters. The van der Waals surface area contributed by atoms with Gasteiger partial charge in [0.2, 0.25) is 5.91 Å². The largest absolute Gasteiger partial charge is 0.466 e. The van der Waals surface area contributed by atoms with Crippen LogP contribution in [0.2, 0.25) is 0 Å². The van der Waals surface area contributed by atoms with Crippen LogP contribution in [0.25, 0.3) is 0 Å². The Kier molecular flexibility index (Phi) is 7.60. The van der Waals surface area contributed by atoms with E-state index in [4.69, 9.17) is 4.74 Å². The molecule has 0 heterocycles. The van der Waals surface area contributed by atoms with Gasteiger partial charge in [-0.2, -0.15) is 0 Å². The topological polar surface area (TPSA) is 46.6 Å². The molecule has 94 valence electrons. The molecule has 0 saturated carbocycles. The molecule has 0 aliphatic heterocycles. The zero-order valence-electron chi connectivity index (χ0n) is 10.8. The lowest BCUT2D eigenvalue weighted by Crippen LogP contribution is -2.36. The molecule has 16 heavy (non-hydrogen) atoms. The van der Waals surface area contributed by atoms with E-state index in [1.165, 1.54) is 0 Å². The molecule has 1 amide bonds. The number of carbonyl (C=O) groups is 2. The highest BCUT2D eigenvalue weighted by molar-refractivity contribution is 5.79. The highest BCUT2D eigenvalue weighted by atomic mass is 16.5. The average Bonchev–Trinajstić information content (AvgIpc) is 2.23. The Morgan fingerprint density at radius 1 is 1.19 bits per heavy atom. The van der Waals surface area contributed by atoms with Crippen molar-refractivity contribution < 1.29 is 14.3 Å². The van der Waals surface area contributed by atoms with Crippen molar-refractivity contribution in [2.24, 2.45) is 5.92 Å². The van der Waals surface area contributed by atoms with Gasteiger partial charge in [0.05, 0.1) is 13.0 Å². The molecule has 0 rings (SSSR count). The van der Waals surface area contributed by atoms with Crippen LogP contribution in [0.1, 0.15) is 40.5 Å². The Labute approximate surface area is 98.0 Å². The normalized spacial score (nSPS) is 10.3. The number of hydrogen-bond donors (Lipinski definition) is 0. The predicted octanol–water partition coefficient (Wildman–Crippen LogP) is 1.83. The van der Waals surface area contributed by atoms with Gasteiger partial charge in [0.15, 0.2) is 0 Å². The molecular formula is C12H23NO3. The molecule has 4 heteroatoms. The number of carbonyl (C=O) groups excluding carboxylic acids is 2. The SMILES string of the molecule is CCCN(CCC(=O)OCC)C(=O)C(C)C. The van der Waals surface area contributed by atoms with Crippen LogP contribution in [0.15, 0.2) is 0 Å². The number of rotatable bonds is 7. The number of hydrogen-bond acceptors (Lipinski definition) is 3. The first-order valence-electron chi connectivity index (χ1n) is 5.97. The second-order valence-corrected chi connectivity index (χ2v) is 4.04. The Hall–Kier alpha value is -1.06. The summed E-state index contributed by atoms with van der Waals surface area (Å²) in [5.41, 5.74) is 0. The minimum Gasteiger partial charge on any atom is -0.466 e.